The lowest BCUT2D eigenvalue weighted by atomic mass is 9.86. The monoisotopic (exact) mass is 340 g/mol. The Bertz CT molecular complexity index is 621. The largest absolute Gasteiger partial charge is 0.480 e. The summed E-state index contributed by atoms with van der Waals surface area (Å²) >= 11 is 0. The molecule has 130 valence electrons. The van der Waals surface area contributed by atoms with Gasteiger partial charge in [-0.25, -0.2) is 8.78 Å². The minimum Gasteiger partial charge on any atom is -0.480 e. The first-order valence-electron chi connectivity index (χ1n) is 7.55. The van der Waals surface area contributed by atoms with Gasteiger partial charge in [0, 0.05) is 30.0 Å². The van der Waals surface area contributed by atoms with E-state index in [1.54, 1.807) is 0 Å². The van der Waals surface area contributed by atoms with E-state index >= 15 is 0 Å². The van der Waals surface area contributed by atoms with Crippen molar-refractivity contribution in [3.05, 3.63) is 29.8 Å². The lowest BCUT2D eigenvalue weighted by Crippen LogP contribution is -2.31. The fourth-order valence-corrected chi connectivity index (χ4v) is 2.51. The molecule has 0 aromatic heterocycles. The van der Waals surface area contributed by atoms with Gasteiger partial charge in [-0.05, 0) is 37.1 Å². The zero-order valence-electron chi connectivity index (χ0n) is 12.9. The number of carbonyl (C=O) groups is 3. The van der Waals surface area contributed by atoms with E-state index in [1.165, 1.54) is 24.3 Å². The standard InChI is InChI=1S/C16H18F2N2O4/c17-16(18)7-5-11(6-8-16)15(24)20-12-3-1-10(2-4-12)14(23)19-9-13(21)22/h1-4,11H,5-9H2,(H,19,23)(H,20,24)(H,21,22). The molecule has 3 N–H and O–H groups in total. The van der Waals surface area contributed by atoms with Crippen molar-refractivity contribution in [1.29, 1.82) is 0 Å². The summed E-state index contributed by atoms with van der Waals surface area (Å²) in [5.74, 6) is -5.12. The maximum atomic E-state index is 13.1. The van der Waals surface area contributed by atoms with Gasteiger partial charge in [0.05, 0.1) is 0 Å². The first-order chi connectivity index (χ1) is 11.3. The number of carboxylic acid groups (broad SMARTS) is 1. The predicted molar refractivity (Wildman–Crippen MR) is 81.9 cm³/mol. The Hall–Kier alpha value is -2.51. The summed E-state index contributed by atoms with van der Waals surface area (Å²) in [4.78, 5) is 34.1. The van der Waals surface area contributed by atoms with Gasteiger partial charge in [-0.2, -0.15) is 0 Å². The van der Waals surface area contributed by atoms with E-state index in [-0.39, 0.29) is 37.2 Å². The lowest BCUT2D eigenvalue weighted by Gasteiger charge is -2.27. The molecule has 0 unspecified atom stereocenters. The van der Waals surface area contributed by atoms with Gasteiger partial charge in [-0.3, -0.25) is 14.4 Å². The van der Waals surface area contributed by atoms with Gasteiger partial charge < -0.3 is 15.7 Å². The van der Waals surface area contributed by atoms with E-state index in [9.17, 15) is 23.2 Å². The van der Waals surface area contributed by atoms with Crippen LogP contribution in [0, 0.1) is 5.92 Å². The highest BCUT2D eigenvalue weighted by atomic mass is 19.3. The summed E-state index contributed by atoms with van der Waals surface area (Å²) in [5, 5.41) is 13.4. The Balaban J connectivity index is 1.88. The second-order valence-corrected chi connectivity index (χ2v) is 5.77. The zero-order valence-corrected chi connectivity index (χ0v) is 12.9. The summed E-state index contributed by atoms with van der Waals surface area (Å²) in [5.41, 5.74) is 0.707. The van der Waals surface area contributed by atoms with E-state index in [2.05, 4.69) is 10.6 Å². The Labute approximate surface area is 137 Å². The lowest BCUT2D eigenvalue weighted by molar-refractivity contribution is -0.135. The molecule has 0 spiro atoms. The van der Waals surface area contributed by atoms with Crippen LogP contribution >= 0.6 is 0 Å². The fraction of sp³-hybridized carbons (Fsp3) is 0.438. The van der Waals surface area contributed by atoms with Crippen LogP contribution in [0.2, 0.25) is 0 Å². The smallest absolute Gasteiger partial charge is 0.322 e. The van der Waals surface area contributed by atoms with Gasteiger partial charge in [-0.1, -0.05) is 0 Å². The van der Waals surface area contributed by atoms with Crippen molar-refractivity contribution in [3.8, 4) is 0 Å². The van der Waals surface area contributed by atoms with Crippen LogP contribution in [0.25, 0.3) is 0 Å². The third-order valence-corrected chi connectivity index (χ3v) is 3.90. The van der Waals surface area contributed by atoms with Crippen molar-refractivity contribution >= 4 is 23.5 Å². The third-order valence-electron chi connectivity index (χ3n) is 3.90. The number of carbonyl (C=O) groups excluding carboxylic acids is 2. The second kappa shape index (κ2) is 7.37. The molecule has 0 saturated heterocycles. The molecule has 6 nitrogen and oxygen atoms in total. The molecule has 1 aromatic carbocycles. The molecule has 1 saturated carbocycles. The van der Waals surface area contributed by atoms with Gasteiger partial charge in [0.25, 0.3) is 5.91 Å². The molecule has 1 aliphatic rings. The topological polar surface area (TPSA) is 95.5 Å². The van der Waals surface area contributed by atoms with Crippen molar-refractivity contribution in [3.63, 3.8) is 0 Å². The van der Waals surface area contributed by atoms with Crippen molar-refractivity contribution in [2.75, 3.05) is 11.9 Å². The molecular formula is C16H18F2N2O4. The molecule has 2 rings (SSSR count). The summed E-state index contributed by atoms with van der Waals surface area (Å²) < 4.78 is 26.2. The fourth-order valence-electron chi connectivity index (χ4n) is 2.51. The first kappa shape index (κ1) is 17.8. The average molecular weight is 340 g/mol. The molecule has 8 heteroatoms. The van der Waals surface area contributed by atoms with Crippen LogP contribution < -0.4 is 10.6 Å². The highest BCUT2D eigenvalue weighted by Gasteiger charge is 2.37. The maximum absolute atomic E-state index is 13.1. The Morgan fingerprint density at radius 2 is 1.71 bits per heavy atom. The average Bonchev–Trinajstić information content (AvgIpc) is 2.53. The molecule has 0 heterocycles. The maximum Gasteiger partial charge on any atom is 0.322 e. The summed E-state index contributed by atoms with van der Waals surface area (Å²) in [7, 11) is 0. The van der Waals surface area contributed by atoms with Gasteiger partial charge in [0.2, 0.25) is 11.8 Å². The summed E-state index contributed by atoms with van der Waals surface area (Å²) in [6, 6.07) is 5.90. The predicted octanol–water partition coefficient (Wildman–Crippen LogP) is 2.26. The summed E-state index contributed by atoms with van der Waals surface area (Å²) in [6.07, 6.45) is -0.273. The molecule has 1 aromatic rings. The summed E-state index contributed by atoms with van der Waals surface area (Å²) in [6.45, 7) is -0.483. The molecule has 0 radical (unpaired) electrons. The molecule has 24 heavy (non-hydrogen) atoms. The third kappa shape index (κ3) is 5.00. The number of anilines is 1. The number of nitrogens with one attached hydrogen (secondary N) is 2. The number of amides is 2. The Morgan fingerprint density at radius 1 is 1.12 bits per heavy atom. The van der Waals surface area contributed by atoms with E-state index in [0.29, 0.717) is 5.69 Å². The molecule has 0 aliphatic heterocycles. The molecular weight excluding hydrogens is 322 g/mol. The highest BCUT2D eigenvalue weighted by Crippen LogP contribution is 2.36. The van der Waals surface area contributed by atoms with E-state index in [1.807, 2.05) is 0 Å². The van der Waals surface area contributed by atoms with Crippen LogP contribution in [0.3, 0.4) is 0 Å². The second-order valence-electron chi connectivity index (χ2n) is 5.77. The van der Waals surface area contributed by atoms with Crippen LogP contribution in [-0.2, 0) is 9.59 Å². The van der Waals surface area contributed by atoms with Gasteiger partial charge >= 0.3 is 5.97 Å². The normalized spacial score (nSPS) is 17.1. The molecule has 2 amide bonds. The van der Waals surface area contributed by atoms with Crippen LogP contribution in [0.5, 0.6) is 0 Å². The number of aliphatic carboxylic acids is 1. The number of alkyl halides is 2. The van der Waals surface area contributed by atoms with Crippen molar-refractivity contribution in [1.82, 2.24) is 5.32 Å². The van der Waals surface area contributed by atoms with E-state index in [4.69, 9.17) is 5.11 Å². The van der Waals surface area contributed by atoms with Gasteiger partial charge in [0.1, 0.15) is 6.54 Å². The molecule has 1 aliphatic carbocycles. The minimum absolute atomic E-state index is 0.147. The van der Waals surface area contributed by atoms with Crippen LogP contribution in [-0.4, -0.2) is 35.4 Å². The highest BCUT2D eigenvalue weighted by molar-refractivity contribution is 5.97. The van der Waals surface area contributed by atoms with Crippen LogP contribution in [0.15, 0.2) is 24.3 Å². The number of halogens is 2. The molecule has 1 fully saturated rings. The number of rotatable bonds is 5. The number of hydrogen-bond acceptors (Lipinski definition) is 3. The SMILES string of the molecule is O=C(O)CNC(=O)c1ccc(NC(=O)C2CCC(F)(F)CC2)cc1. The van der Waals surface area contributed by atoms with Gasteiger partial charge in [-0.15, -0.1) is 0 Å². The Kier molecular flexibility index (Phi) is 5.48. The number of carboxylic acids is 1. The van der Waals surface area contributed by atoms with Crippen LogP contribution in [0.1, 0.15) is 36.0 Å². The first-order valence-corrected chi connectivity index (χ1v) is 7.55. The van der Waals surface area contributed by atoms with Gasteiger partial charge in [0.15, 0.2) is 0 Å². The van der Waals surface area contributed by atoms with E-state index < -0.39 is 30.3 Å². The van der Waals surface area contributed by atoms with Crippen LogP contribution in [0.4, 0.5) is 14.5 Å². The Morgan fingerprint density at radius 3 is 2.25 bits per heavy atom. The van der Waals surface area contributed by atoms with Crippen molar-refractivity contribution in [2.24, 2.45) is 5.92 Å². The molecule has 0 bridgehead atoms. The van der Waals surface area contributed by atoms with Crippen molar-refractivity contribution < 1.29 is 28.3 Å². The molecule has 0 atom stereocenters. The minimum atomic E-state index is -2.68. The van der Waals surface area contributed by atoms with E-state index in [0.717, 1.165) is 0 Å². The zero-order chi connectivity index (χ0) is 17.7. The van der Waals surface area contributed by atoms with Crippen molar-refractivity contribution in [2.45, 2.75) is 31.6 Å². The quantitative estimate of drug-likeness (QED) is 0.766. The number of hydrogen-bond donors (Lipinski definition) is 3. The number of benzene rings is 1.